The number of benzene rings is 2. The molecule has 0 aliphatic carbocycles. The van der Waals surface area contributed by atoms with Crippen LogP contribution in [0.1, 0.15) is 23.9 Å². The Morgan fingerprint density at radius 2 is 1.96 bits per heavy atom. The SMILES string of the molecule is CCNC(=NCc1ccc(C)cc1Oc1ccccc1)NCc1nncn1C. The average molecular weight is 378 g/mol. The molecule has 0 saturated heterocycles. The van der Waals surface area contributed by atoms with Crippen LogP contribution in [0.4, 0.5) is 0 Å². The van der Waals surface area contributed by atoms with Gasteiger partial charge in [0.25, 0.3) is 0 Å². The number of aromatic nitrogens is 3. The maximum Gasteiger partial charge on any atom is 0.191 e. The van der Waals surface area contributed by atoms with E-state index in [2.05, 4.69) is 39.9 Å². The highest BCUT2D eigenvalue weighted by Gasteiger charge is 2.07. The number of aryl methyl sites for hydroxylation is 2. The van der Waals surface area contributed by atoms with Crippen molar-refractivity contribution in [1.82, 2.24) is 25.4 Å². The number of aliphatic imine (C=N–C) groups is 1. The van der Waals surface area contributed by atoms with Gasteiger partial charge in [-0.2, -0.15) is 0 Å². The van der Waals surface area contributed by atoms with Crippen molar-refractivity contribution in [3.05, 3.63) is 71.8 Å². The standard InChI is InChI=1S/C21H26N6O/c1-4-22-21(24-14-20-26-25-15-27(20)3)23-13-17-11-10-16(2)12-19(17)28-18-8-6-5-7-9-18/h5-12,15H,4,13-14H2,1-3H3,(H2,22,23,24). The third-order valence-electron chi connectivity index (χ3n) is 4.16. The molecule has 0 aliphatic heterocycles. The quantitative estimate of drug-likeness (QED) is 0.488. The number of rotatable bonds is 7. The molecule has 0 radical (unpaired) electrons. The van der Waals surface area contributed by atoms with Crippen LogP contribution in [-0.2, 0) is 20.1 Å². The minimum atomic E-state index is 0.497. The van der Waals surface area contributed by atoms with Crippen molar-refractivity contribution in [2.45, 2.75) is 26.9 Å². The molecule has 1 aromatic heterocycles. The van der Waals surface area contributed by atoms with Gasteiger partial charge in [0.15, 0.2) is 11.8 Å². The van der Waals surface area contributed by atoms with Crippen molar-refractivity contribution in [1.29, 1.82) is 0 Å². The molecule has 2 N–H and O–H groups in total. The summed E-state index contributed by atoms with van der Waals surface area (Å²) in [4.78, 5) is 4.70. The third kappa shape index (κ3) is 5.33. The number of hydrogen-bond acceptors (Lipinski definition) is 4. The van der Waals surface area contributed by atoms with Crippen LogP contribution in [0, 0.1) is 6.92 Å². The van der Waals surface area contributed by atoms with Gasteiger partial charge in [-0.25, -0.2) is 4.99 Å². The predicted molar refractivity (Wildman–Crippen MR) is 110 cm³/mol. The van der Waals surface area contributed by atoms with Gasteiger partial charge in [-0.15, -0.1) is 10.2 Å². The molecular weight excluding hydrogens is 352 g/mol. The first-order chi connectivity index (χ1) is 13.7. The van der Waals surface area contributed by atoms with Gasteiger partial charge in [-0.3, -0.25) is 0 Å². The fourth-order valence-corrected chi connectivity index (χ4v) is 2.64. The Hall–Kier alpha value is -3.35. The summed E-state index contributed by atoms with van der Waals surface area (Å²) in [5, 5.41) is 14.5. The van der Waals surface area contributed by atoms with Gasteiger partial charge in [-0.05, 0) is 37.6 Å². The van der Waals surface area contributed by atoms with Crippen molar-refractivity contribution >= 4 is 5.96 Å². The van der Waals surface area contributed by atoms with E-state index in [0.717, 1.165) is 41.0 Å². The zero-order valence-corrected chi connectivity index (χ0v) is 16.5. The summed E-state index contributed by atoms with van der Waals surface area (Å²) >= 11 is 0. The largest absolute Gasteiger partial charge is 0.457 e. The Bertz CT molecular complexity index is 920. The van der Waals surface area contributed by atoms with E-state index >= 15 is 0 Å². The highest BCUT2D eigenvalue weighted by Crippen LogP contribution is 2.27. The molecule has 3 rings (SSSR count). The molecule has 7 heteroatoms. The number of hydrogen-bond donors (Lipinski definition) is 2. The van der Waals surface area contributed by atoms with E-state index in [4.69, 9.17) is 9.73 Å². The van der Waals surface area contributed by atoms with E-state index < -0.39 is 0 Å². The Morgan fingerprint density at radius 3 is 2.68 bits per heavy atom. The van der Waals surface area contributed by atoms with Crippen molar-refractivity contribution in [3.8, 4) is 11.5 Å². The minimum Gasteiger partial charge on any atom is -0.457 e. The maximum atomic E-state index is 6.09. The number of nitrogens with zero attached hydrogens (tertiary/aromatic N) is 4. The normalized spacial score (nSPS) is 11.3. The fourth-order valence-electron chi connectivity index (χ4n) is 2.64. The highest BCUT2D eigenvalue weighted by atomic mass is 16.5. The zero-order valence-electron chi connectivity index (χ0n) is 16.5. The lowest BCUT2D eigenvalue weighted by Crippen LogP contribution is -2.37. The number of para-hydroxylation sites is 1. The van der Waals surface area contributed by atoms with Crippen LogP contribution in [-0.4, -0.2) is 27.3 Å². The molecule has 0 fully saturated rings. The van der Waals surface area contributed by atoms with Gasteiger partial charge in [-0.1, -0.05) is 30.3 Å². The first-order valence-corrected chi connectivity index (χ1v) is 9.33. The zero-order chi connectivity index (χ0) is 19.8. The lowest BCUT2D eigenvalue weighted by atomic mass is 10.1. The molecule has 1 heterocycles. The van der Waals surface area contributed by atoms with Crippen molar-refractivity contribution < 1.29 is 4.74 Å². The first kappa shape index (κ1) is 19.4. The molecule has 7 nitrogen and oxygen atoms in total. The second-order valence-electron chi connectivity index (χ2n) is 6.43. The molecule has 0 unspecified atom stereocenters. The molecule has 0 saturated carbocycles. The van der Waals surface area contributed by atoms with Crippen LogP contribution in [0.5, 0.6) is 11.5 Å². The lowest BCUT2D eigenvalue weighted by Gasteiger charge is -2.13. The summed E-state index contributed by atoms with van der Waals surface area (Å²) in [7, 11) is 1.92. The summed E-state index contributed by atoms with van der Waals surface area (Å²) in [6.45, 7) is 5.90. The molecule has 28 heavy (non-hydrogen) atoms. The molecule has 0 amide bonds. The Balaban J connectivity index is 1.73. The van der Waals surface area contributed by atoms with Gasteiger partial charge < -0.3 is 19.9 Å². The van der Waals surface area contributed by atoms with Crippen LogP contribution in [0.15, 0.2) is 59.9 Å². The van der Waals surface area contributed by atoms with Crippen molar-refractivity contribution in [2.24, 2.45) is 12.0 Å². The van der Waals surface area contributed by atoms with E-state index in [1.54, 1.807) is 6.33 Å². The average Bonchev–Trinajstić information content (AvgIpc) is 3.11. The summed E-state index contributed by atoms with van der Waals surface area (Å²) in [6, 6.07) is 16.0. The topological polar surface area (TPSA) is 76.4 Å². The summed E-state index contributed by atoms with van der Waals surface area (Å²) in [6.07, 6.45) is 1.68. The van der Waals surface area contributed by atoms with E-state index in [9.17, 15) is 0 Å². The van der Waals surface area contributed by atoms with Crippen LogP contribution in [0.3, 0.4) is 0 Å². The van der Waals surface area contributed by atoms with Gasteiger partial charge >= 0.3 is 0 Å². The van der Waals surface area contributed by atoms with E-state index in [1.807, 2.05) is 54.9 Å². The number of ether oxygens (including phenoxy) is 1. The second-order valence-corrected chi connectivity index (χ2v) is 6.43. The fraction of sp³-hybridized carbons (Fsp3) is 0.286. The van der Waals surface area contributed by atoms with Crippen molar-refractivity contribution in [3.63, 3.8) is 0 Å². The molecular formula is C21H26N6O. The van der Waals surface area contributed by atoms with Gasteiger partial charge in [0.1, 0.15) is 17.8 Å². The summed E-state index contributed by atoms with van der Waals surface area (Å²) in [5.41, 5.74) is 2.16. The first-order valence-electron chi connectivity index (χ1n) is 9.33. The molecule has 146 valence electrons. The molecule has 0 aliphatic rings. The molecule has 2 aromatic carbocycles. The second kappa shape index (κ2) is 9.55. The minimum absolute atomic E-state index is 0.497. The highest BCUT2D eigenvalue weighted by molar-refractivity contribution is 5.79. The predicted octanol–water partition coefficient (Wildman–Crippen LogP) is 3.17. The van der Waals surface area contributed by atoms with E-state index in [-0.39, 0.29) is 0 Å². The smallest absolute Gasteiger partial charge is 0.191 e. The van der Waals surface area contributed by atoms with Crippen LogP contribution in [0.2, 0.25) is 0 Å². The lowest BCUT2D eigenvalue weighted by molar-refractivity contribution is 0.476. The van der Waals surface area contributed by atoms with Crippen molar-refractivity contribution in [2.75, 3.05) is 6.54 Å². The molecule has 0 atom stereocenters. The molecule has 3 aromatic rings. The molecule has 0 bridgehead atoms. The third-order valence-corrected chi connectivity index (χ3v) is 4.16. The van der Waals surface area contributed by atoms with E-state index in [1.165, 1.54) is 0 Å². The Kier molecular flexibility index (Phi) is 6.62. The van der Waals surface area contributed by atoms with E-state index in [0.29, 0.717) is 13.1 Å². The van der Waals surface area contributed by atoms with Crippen LogP contribution in [0.25, 0.3) is 0 Å². The molecule has 0 spiro atoms. The van der Waals surface area contributed by atoms with Gasteiger partial charge in [0.2, 0.25) is 0 Å². The van der Waals surface area contributed by atoms with Gasteiger partial charge in [0.05, 0.1) is 13.1 Å². The maximum absolute atomic E-state index is 6.09. The van der Waals surface area contributed by atoms with Gasteiger partial charge in [0, 0.05) is 19.2 Å². The van der Waals surface area contributed by atoms with Crippen LogP contribution >= 0.6 is 0 Å². The summed E-state index contributed by atoms with van der Waals surface area (Å²) in [5.74, 6) is 3.19. The Labute approximate surface area is 165 Å². The Morgan fingerprint density at radius 1 is 1.14 bits per heavy atom. The monoisotopic (exact) mass is 378 g/mol. The number of nitrogens with one attached hydrogen (secondary N) is 2. The summed E-state index contributed by atoms with van der Waals surface area (Å²) < 4.78 is 7.96. The van der Waals surface area contributed by atoms with Crippen LogP contribution < -0.4 is 15.4 Å². The number of guanidine groups is 1.